The molecule has 0 spiro atoms. The maximum absolute atomic E-state index is 12.5. The monoisotopic (exact) mass is 337 g/mol. The molecule has 1 atom stereocenters. The van der Waals surface area contributed by atoms with Crippen LogP contribution >= 0.6 is 0 Å². The van der Waals surface area contributed by atoms with Crippen molar-refractivity contribution in [3.05, 3.63) is 65.2 Å². The quantitative estimate of drug-likeness (QED) is 0.791. The molecule has 0 heterocycles. The summed E-state index contributed by atoms with van der Waals surface area (Å²) in [5.74, 6) is 1.67. The molecule has 1 amide bonds. The van der Waals surface area contributed by atoms with Crippen molar-refractivity contribution in [3.8, 4) is 5.75 Å². The molecule has 0 aliphatic heterocycles. The van der Waals surface area contributed by atoms with E-state index in [0.717, 1.165) is 16.9 Å². The van der Waals surface area contributed by atoms with E-state index in [2.05, 4.69) is 43.4 Å². The van der Waals surface area contributed by atoms with Crippen LogP contribution in [0.2, 0.25) is 0 Å². The Bertz CT molecular complexity index is 720. The van der Waals surface area contributed by atoms with Gasteiger partial charge in [-0.05, 0) is 54.4 Å². The number of hydrogen-bond acceptors (Lipinski definition) is 2. The average Bonchev–Trinajstić information content (AvgIpc) is 3.43. The molecule has 25 heavy (non-hydrogen) atoms. The minimum Gasteiger partial charge on any atom is -0.483 e. The third-order valence-corrected chi connectivity index (χ3v) is 4.72. The van der Waals surface area contributed by atoms with Crippen molar-refractivity contribution in [3.63, 3.8) is 0 Å². The van der Waals surface area contributed by atoms with Crippen LogP contribution in [0.1, 0.15) is 55.3 Å². The first-order chi connectivity index (χ1) is 12.0. The molecule has 0 aromatic heterocycles. The number of carbonyl (C=O) groups excluding carboxylic acids is 1. The Morgan fingerprint density at radius 3 is 2.52 bits per heavy atom. The Hall–Kier alpha value is -2.29. The third kappa shape index (κ3) is 4.62. The third-order valence-electron chi connectivity index (χ3n) is 4.72. The van der Waals surface area contributed by atoms with E-state index in [1.165, 1.54) is 18.4 Å². The predicted molar refractivity (Wildman–Crippen MR) is 101 cm³/mol. The summed E-state index contributed by atoms with van der Waals surface area (Å²) in [5.41, 5.74) is 3.46. The van der Waals surface area contributed by atoms with Gasteiger partial charge in [0.15, 0.2) is 6.61 Å². The lowest BCUT2D eigenvalue weighted by molar-refractivity contribution is -0.124. The maximum atomic E-state index is 12.5. The standard InChI is InChI=1S/C22H27NO2/c1-15(2)19-12-9-16(3)13-20(19)25-14-21(24)23-22(18-10-11-18)17-7-5-4-6-8-17/h4-9,12-13,15,18,22H,10-11,14H2,1-3H3,(H,23,24)/t22-/m0/s1. The number of benzene rings is 2. The van der Waals surface area contributed by atoms with E-state index in [4.69, 9.17) is 4.74 Å². The molecule has 0 saturated heterocycles. The molecule has 3 rings (SSSR count). The minimum absolute atomic E-state index is 0.0548. The lowest BCUT2D eigenvalue weighted by Crippen LogP contribution is -2.33. The van der Waals surface area contributed by atoms with Crippen LogP contribution < -0.4 is 10.1 Å². The van der Waals surface area contributed by atoms with Gasteiger partial charge >= 0.3 is 0 Å². The number of rotatable bonds is 7. The summed E-state index contributed by atoms with van der Waals surface area (Å²) in [4.78, 5) is 12.5. The maximum Gasteiger partial charge on any atom is 0.258 e. The molecule has 1 aliphatic carbocycles. The van der Waals surface area contributed by atoms with Gasteiger partial charge < -0.3 is 10.1 Å². The van der Waals surface area contributed by atoms with Crippen molar-refractivity contribution < 1.29 is 9.53 Å². The van der Waals surface area contributed by atoms with E-state index in [1.54, 1.807) is 0 Å². The zero-order chi connectivity index (χ0) is 17.8. The molecule has 1 fully saturated rings. The smallest absolute Gasteiger partial charge is 0.258 e. The molecule has 2 aromatic rings. The highest BCUT2D eigenvalue weighted by Gasteiger charge is 2.33. The molecule has 0 bridgehead atoms. The SMILES string of the molecule is Cc1ccc(C(C)C)c(OCC(=O)N[C@@H](c2ccccc2)C2CC2)c1. The first-order valence-corrected chi connectivity index (χ1v) is 9.12. The van der Waals surface area contributed by atoms with Crippen molar-refractivity contribution in [1.82, 2.24) is 5.32 Å². The van der Waals surface area contributed by atoms with Crippen LogP contribution in [0.5, 0.6) is 5.75 Å². The Morgan fingerprint density at radius 1 is 1.16 bits per heavy atom. The number of nitrogens with one attached hydrogen (secondary N) is 1. The number of amides is 1. The molecule has 0 unspecified atom stereocenters. The van der Waals surface area contributed by atoms with Gasteiger partial charge in [-0.25, -0.2) is 0 Å². The number of ether oxygens (including phenoxy) is 1. The molecule has 132 valence electrons. The van der Waals surface area contributed by atoms with Gasteiger partial charge in [0.25, 0.3) is 5.91 Å². The summed E-state index contributed by atoms with van der Waals surface area (Å²) in [7, 11) is 0. The highest BCUT2D eigenvalue weighted by atomic mass is 16.5. The van der Waals surface area contributed by atoms with E-state index in [-0.39, 0.29) is 18.6 Å². The highest BCUT2D eigenvalue weighted by molar-refractivity contribution is 5.78. The minimum atomic E-state index is -0.0584. The van der Waals surface area contributed by atoms with Gasteiger partial charge in [0.1, 0.15) is 5.75 Å². The fourth-order valence-corrected chi connectivity index (χ4v) is 3.17. The first-order valence-electron chi connectivity index (χ1n) is 9.12. The van der Waals surface area contributed by atoms with Gasteiger partial charge in [-0.15, -0.1) is 0 Å². The number of aryl methyl sites for hydroxylation is 1. The van der Waals surface area contributed by atoms with Crippen LogP contribution in [0.3, 0.4) is 0 Å². The molecule has 0 radical (unpaired) electrons. The van der Waals surface area contributed by atoms with Gasteiger partial charge in [-0.1, -0.05) is 56.3 Å². The Kier molecular flexibility index (Phi) is 5.42. The van der Waals surface area contributed by atoms with Crippen molar-refractivity contribution in [2.24, 2.45) is 5.92 Å². The number of hydrogen-bond donors (Lipinski definition) is 1. The topological polar surface area (TPSA) is 38.3 Å². The summed E-state index contributed by atoms with van der Waals surface area (Å²) in [5, 5.41) is 3.16. The molecule has 1 aliphatic rings. The van der Waals surface area contributed by atoms with Crippen molar-refractivity contribution in [1.29, 1.82) is 0 Å². The Balaban J connectivity index is 1.64. The van der Waals surface area contributed by atoms with E-state index in [9.17, 15) is 4.79 Å². The van der Waals surface area contributed by atoms with Gasteiger partial charge in [-0.2, -0.15) is 0 Å². The Morgan fingerprint density at radius 2 is 1.88 bits per heavy atom. The largest absolute Gasteiger partial charge is 0.483 e. The average molecular weight is 337 g/mol. The molecular weight excluding hydrogens is 310 g/mol. The lowest BCUT2D eigenvalue weighted by Gasteiger charge is -2.20. The van der Waals surface area contributed by atoms with Gasteiger partial charge in [0.05, 0.1) is 6.04 Å². The molecule has 3 heteroatoms. The zero-order valence-corrected chi connectivity index (χ0v) is 15.3. The number of carbonyl (C=O) groups is 1. The summed E-state index contributed by atoms with van der Waals surface area (Å²) < 4.78 is 5.87. The van der Waals surface area contributed by atoms with E-state index >= 15 is 0 Å². The predicted octanol–water partition coefficient (Wildman–Crippen LogP) is 4.76. The van der Waals surface area contributed by atoms with Crippen LogP contribution in [0.15, 0.2) is 48.5 Å². The van der Waals surface area contributed by atoms with Crippen molar-refractivity contribution >= 4 is 5.91 Å². The van der Waals surface area contributed by atoms with Crippen molar-refractivity contribution in [2.45, 2.75) is 45.6 Å². The summed E-state index contributed by atoms with van der Waals surface area (Å²) in [6, 6.07) is 16.5. The van der Waals surface area contributed by atoms with Crippen LogP contribution in [0.4, 0.5) is 0 Å². The first kappa shape index (κ1) is 17.5. The normalized spacial score (nSPS) is 15.0. The van der Waals surface area contributed by atoms with E-state index < -0.39 is 0 Å². The summed E-state index contributed by atoms with van der Waals surface area (Å²) >= 11 is 0. The van der Waals surface area contributed by atoms with E-state index in [1.807, 2.05) is 31.2 Å². The molecule has 1 saturated carbocycles. The van der Waals surface area contributed by atoms with Gasteiger partial charge in [0, 0.05) is 0 Å². The molecule has 3 nitrogen and oxygen atoms in total. The van der Waals surface area contributed by atoms with Crippen LogP contribution in [0.25, 0.3) is 0 Å². The Labute approximate surface area is 150 Å². The van der Waals surface area contributed by atoms with Crippen molar-refractivity contribution in [2.75, 3.05) is 6.61 Å². The lowest BCUT2D eigenvalue weighted by atomic mass is 10.0. The zero-order valence-electron chi connectivity index (χ0n) is 15.3. The molecule has 1 N–H and O–H groups in total. The van der Waals surface area contributed by atoms with Crippen LogP contribution in [-0.4, -0.2) is 12.5 Å². The van der Waals surface area contributed by atoms with Crippen LogP contribution in [0, 0.1) is 12.8 Å². The highest BCUT2D eigenvalue weighted by Crippen LogP contribution is 2.40. The summed E-state index contributed by atoms with van der Waals surface area (Å²) in [6.45, 7) is 6.36. The van der Waals surface area contributed by atoms with E-state index in [0.29, 0.717) is 11.8 Å². The van der Waals surface area contributed by atoms with Gasteiger partial charge in [-0.3, -0.25) is 4.79 Å². The second-order valence-corrected chi connectivity index (χ2v) is 7.28. The fraction of sp³-hybridized carbons (Fsp3) is 0.409. The van der Waals surface area contributed by atoms with Crippen LogP contribution in [-0.2, 0) is 4.79 Å². The van der Waals surface area contributed by atoms with Gasteiger partial charge in [0.2, 0.25) is 0 Å². The second-order valence-electron chi connectivity index (χ2n) is 7.28. The molecular formula is C22H27NO2. The molecule has 2 aromatic carbocycles. The fourth-order valence-electron chi connectivity index (χ4n) is 3.17. The second kappa shape index (κ2) is 7.73. The summed E-state index contributed by atoms with van der Waals surface area (Å²) in [6.07, 6.45) is 2.35.